The third-order valence-electron chi connectivity index (χ3n) is 2.63. The predicted molar refractivity (Wildman–Crippen MR) is 78.9 cm³/mol. The minimum absolute atomic E-state index is 0.240. The van der Waals surface area contributed by atoms with Crippen molar-refractivity contribution in [3.8, 4) is 17.2 Å². The summed E-state index contributed by atoms with van der Waals surface area (Å²) in [6, 6.07) is 9.29. The van der Waals surface area contributed by atoms with E-state index in [4.69, 9.17) is 0 Å². The number of carbonyl (C=O) groups excluding carboxylic acids is 1. The predicted octanol–water partition coefficient (Wildman–Crippen LogP) is 3.46. The van der Waals surface area contributed by atoms with Gasteiger partial charge in [-0.1, -0.05) is 34.1 Å². The number of ketones is 1. The van der Waals surface area contributed by atoms with Gasteiger partial charge >= 0.3 is 0 Å². The summed E-state index contributed by atoms with van der Waals surface area (Å²) < 4.78 is 0.926. The lowest BCUT2D eigenvalue weighted by molar-refractivity contribution is 0.104. The van der Waals surface area contributed by atoms with Crippen molar-refractivity contribution in [3.05, 3.63) is 58.1 Å². The molecule has 0 aliphatic heterocycles. The highest BCUT2D eigenvalue weighted by Crippen LogP contribution is 2.32. The van der Waals surface area contributed by atoms with Crippen molar-refractivity contribution < 1.29 is 20.1 Å². The van der Waals surface area contributed by atoms with E-state index in [9.17, 15) is 20.1 Å². The number of allylic oxidation sites excluding steroid dienone is 1. The Kier molecular flexibility index (Phi) is 4.10. The quantitative estimate of drug-likeness (QED) is 0.593. The maximum Gasteiger partial charge on any atom is 0.193 e. The smallest absolute Gasteiger partial charge is 0.193 e. The Labute approximate surface area is 123 Å². The van der Waals surface area contributed by atoms with Gasteiger partial charge in [0.25, 0.3) is 0 Å². The zero-order chi connectivity index (χ0) is 14.7. The van der Waals surface area contributed by atoms with Crippen LogP contribution in [-0.4, -0.2) is 21.1 Å². The van der Waals surface area contributed by atoms with Crippen LogP contribution in [0.5, 0.6) is 17.2 Å². The van der Waals surface area contributed by atoms with Gasteiger partial charge in [-0.3, -0.25) is 4.79 Å². The first-order valence-electron chi connectivity index (χ1n) is 5.70. The molecule has 0 unspecified atom stereocenters. The standard InChI is InChI=1S/C15H11BrO4/c16-10-4-1-9(2-5-10)3-6-12(18)15-13(19)7-11(17)8-14(15)20/h1-8,17,19-20H/b6-3+. The molecule has 2 aromatic rings. The van der Waals surface area contributed by atoms with Crippen molar-refractivity contribution in [1.82, 2.24) is 0 Å². The lowest BCUT2D eigenvalue weighted by Gasteiger charge is -2.04. The highest BCUT2D eigenvalue weighted by Gasteiger charge is 2.15. The van der Waals surface area contributed by atoms with Gasteiger partial charge in [0.1, 0.15) is 22.8 Å². The summed E-state index contributed by atoms with van der Waals surface area (Å²) in [7, 11) is 0. The third-order valence-corrected chi connectivity index (χ3v) is 3.15. The molecule has 0 saturated carbocycles. The van der Waals surface area contributed by atoms with Crippen molar-refractivity contribution in [1.29, 1.82) is 0 Å². The van der Waals surface area contributed by atoms with Crippen LogP contribution in [0.25, 0.3) is 6.08 Å². The average Bonchev–Trinajstić information content (AvgIpc) is 2.37. The van der Waals surface area contributed by atoms with Crippen molar-refractivity contribution in [2.75, 3.05) is 0 Å². The van der Waals surface area contributed by atoms with Crippen LogP contribution >= 0.6 is 15.9 Å². The highest BCUT2D eigenvalue weighted by atomic mass is 79.9. The van der Waals surface area contributed by atoms with E-state index < -0.39 is 17.3 Å². The highest BCUT2D eigenvalue weighted by molar-refractivity contribution is 9.10. The number of phenols is 3. The van der Waals surface area contributed by atoms with E-state index in [0.29, 0.717) is 0 Å². The topological polar surface area (TPSA) is 77.8 Å². The molecule has 0 aromatic heterocycles. The van der Waals surface area contributed by atoms with E-state index in [1.165, 1.54) is 6.08 Å². The number of rotatable bonds is 3. The lowest BCUT2D eigenvalue weighted by Crippen LogP contribution is -1.95. The van der Waals surface area contributed by atoms with Gasteiger partial charge in [-0.15, -0.1) is 0 Å². The van der Waals surface area contributed by atoms with Crippen molar-refractivity contribution in [2.24, 2.45) is 0 Å². The Balaban J connectivity index is 2.26. The Bertz CT molecular complexity index is 652. The van der Waals surface area contributed by atoms with Crippen LogP contribution in [0.3, 0.4) is 0 Å². The van der Waals surface area contributed by atoms with Crippen LogP contribution in [0.1, 0.15) is 15.9 Å². The molecule has 0 bridgehead atoms. The summed E-state index contributed by atoms with van der Waals surface area (Å²) in [6.45, 7) is 0. The molecule has 0 heterocycles. The van der Waals surface area contributed by atoms with Crippen LogP contribution in [0.2, 0.25) is 0 Å². The summed E-state index contributed by atoms with van der Waals surface area (Å²) in [5, 5.41) is 28.4. The number of halogens is 1. The minimum Gasteiger partial charge on any atom is -0.508 e. The summed E-state index contributed by atoms with van der Waals surface area (Å²) >= 11 is 3.31. The molecule has 0 saturated heterocycles. The molecule has 3 N–H and O–H groups in total. The van der Waals surface area contributed by atoms with Gasteiger partial charge in [-0.25, -0.2) is 0 Å². The lowest BCUT2D eigenvalue weighted by atomic mass is 10.1. The normalized spacial score (nSPS) is 10.8. The molecule has 0 radical (unpaired) electrons. The molecule has 0 fully saturated rings. The fraction of sp³-hybridized carbons (Fsp3) is 0. The van der Waals surface area contributed by atoms with Gasteiger partial charge < -0.3 is 15.3 Å². The second-order valence-corrected chi connectivity index (χ2v) is 5.02. The third kappa shape index (κ3) is 3.19. The molecular formula is C15H11BrO4. The second-order valence-electron chi connectivity index (χ2n) is 4.11. The van der Waals surface area contributed by atoms with Gasteiger partial charge in [-0.05, 0) is 23.8 Å². The molecule has 5 heteroatoms. The summed E-state index contributed by atoms with van der Waals surface area (Å²) in [6.07, 6.45) is 2.82. The van der Waals surface area contributed by atoms with Crippen molar-refractivity contribution in [2.45, 2.75) is 0 Å². The Hall–Kier alpha value is -2.27. The van der Waals surface area contributed by atoms with E-state index in [2.05, 4.69) is 15.9 Å². The van der Waals surface area contributed by atoms with Crippen LogP contribution in [0.15, 0.2) is 46.9 Å². The zero-order valence-corrected chi connectivity index (χ0v) is 11.8. The van der Waals surface area contributed by atoms with Gasteiger partial charge in [-0.2, -0.15) is 0 Å². The zero-order valence-electron chi connectivity index (χ0n) is 10.2. The van der Waals surface area contributed by atoms with Gasteiger partial charge in [0, 0.05) is 16.6 Å². The first-order chi connectivity index (χ1) is 9.47. The number of hydrogen-bond donors (Lipinski definition) is 3. The summed E-state index contributed by atoms with van der Waals surface area (Å²) in [4.78, 5) is 11.9. The van der Waals surface area contributed by atoms with Crippen LogP contribution < -0.4 is 0 Å². The van der Waals surface area contributed by atoms with Crippen molar-refractivity contribution in [3.63, 3.8) is 0 Å². The molecule has 4 nitrogen and oxygen atoms in total. The summed E-state index contributed by atoms with van der Waals surface area (Å²) in [5.74, 6) is -1.79. The molecule has 2 aromatic carbocycles. The molecule has 0 spiro atoms. The monoisotopic (exact) mass is 334 g/mol. The number of aromatic hydroxyl groups is 3. The van der Waals surface area contributed by atoms with Gasteiger partial charge in [0.15, 0.2) is 5.78 Å². The largest absolute Gasteiger partial charge is 0.508 e. The van der Waals surface area contributed by atoms with Gasteiger partial charge in [0.05, 0.1) is 0 Å². The molecule has 0 amide bonds. The molecular weight excluding hydrogens is 324 g/mol. The molecule has 0 atom stereocenters. The fourth-order valence-electron chi connectivity index (χ4n) is 1.68. The fourth-order valence-corrected chi connectivity index (χ4v) is 1.94. The second kappa shape index (κ2) is 5.79. The molecule has 2 rings (SSSR count). The van der Waals surface area contributed by atoms with E-state index in [0.717, 1.165) is 22.2 Å². The Morgan fingerprint density at radius 1 is 1.00 bits per heavy atom. The number of phenolic OH excluding ortho intramolecular Hbond substituents is 3. The number of benzene rings is 2. The maximum atomic E-state index is 11.9. The molecule has 102 valence electrons. The summed E-state index contributed by atoms with van der Waals surface area (Å²) in [5.41, 5.74) is 0.565. The number of carbonyl (C=O) groups is 1. The van der Waals surface area contributed by atoms with Crippen LogP contribution in [-0.2, 0) is 0 Å². The molecule has 0 aliphatic carbocycles. The first-order valence-corrected chi connectivity index (χ1v) is 6.49. The van der Waals surface area contributed by atoms with Crippen molar-refractivity contribution >= 4 is 27.8 Å². The van der Waals surface area contributed by atoms with E-state index in [1.807, 2.05) is 24.3 Å². The van der Waals surface area contributed by atoms with Crippen LogP contribution in [0, 0.1) is 0 Å². The van der Waals surface area contributed by atoms with E-state index >= 15 is 0 Å². The maximum absolute atomic E-state index is 11.9. The Morgan fingerprint density at radius 2 is 1.55 bits per heavy atom. The number of hydrogen-bond acceptors (Lipinski definition) is 4. The molecule has 0 aliphatic rings. The van der Waals surface area contributed by atoms with Crippen LogP contribution in [0.4, 0.5) is 0 Å². The SMILES string of the molecule is O=C(/C=C/c1ccc(Br)cc1)c1c(O)cc(O)cc1O. The Morgan fingerprint density at radius 3 is 2.10 bits per heavy atom. The van der Waals surface area contributed by atoms with E-state index in [1.54, 1.807) is 6.08 Å². The van der Waals surface area contributed by atoms with Gasteiger partial charge in [0.2, 0.25) is 0 Å². The molecule has 20 heavy (non-hydrogen) atoms. The first kappa shape index (κ1) is 14.1. The minimum atomic E-state index is -0.553. The van der Waals surface area contributed by atoms with E-state index in [-0.39, 0.29) is 11.3 Å². The average molecular weight is 335 g/mol.